The van der Waals surface area contributed by atoms with Crippen LogP contribution in [0.4, 0.5) is 5.69 Å². The number of furan rings is 1. The average molecular weight is 349 g/mol. The third kappa shape index (κ3) is 3.44. The lowest BCUT2D eigenvalue weighted by atomic mass is 10.2. The largest absolute Gasteiger partial charge is 0.463 e. The summed E-state index contributed by atoms with van der Waals surface area (Å²) in [5.74, 6) is 0.278. The van der Waals surface area contributed by atoms with Gasteiger partial charge in [-0.3, -0.25) is 0 Å². The van der Waals surface area contributed by atoms with Gasteiger partial charge in [0.15, 0.2) is 0 Å². The Morgan fingerprint density at radius 2 is 2.19 bits per heavy atom. The monoisotopic (exact) mass is 348 g/mol. The molecule has 1 unspecified atom stereocenters. The maximum absolute atomic E-state index is 11.4. The summed E-state index contributed by atoms with van der Waals surface area (Å²) in [6, 6.07) is 10.5. The molecule has 1 N–H and O–H groups in total. The maximum atomic E-state index is 11.4. The van der Waals surface area contributed by atoms with Gasteiger partial charge in [-0.15, -0.1) is 0 Å². The summed E-state index contributed by atoms with van der Waals surface area (Å²) in [6.45, 7) is 1.91. The van der Waals surface area contributed by atoms with Gasteiger partial charge in [0, 0.05) is 10.2 Å². The van der Waals surface area contributed by atoms with Crippen LogP contribution in [-0.4, -0.2) is 13.1 Å². The Morgan fingerprint density at radius 1 is 1.43 bits per heavy atom. The van der Waals surface area contributed by atoms with E-state index in [9.17, 15) is 4.79 Å². The lowest BCUT2D eigenvalue weighted by Crippen LogP contribution is -2.06. The minimum Gasteiger partial charge on any atom is -0.463 e. The van der Waals surface area contributed by atoms with Gasteiger partial charge in [-0.05, 0) is 53.2 Å². The fourth-order valence-corrected chi connectivity index (χ4v) is 2.30. The zero-order valence-corrected chi connectivity index (χ0v) is 13.1. The Morgan fingerprint density at radius 3 is 2.81 bits per heavy atom. The molecule has 0 fully saturated rings. The molecular weight excluding hydrogens is 336 g/mol. The van der Waals surface area contributed by atoms with E-state index in [0.29, 0.717) is 11.3 Å². The number of benzene rings is 1. The number of ether oxygens (including phenoxy) is 1. The molecule has 0 saturated carbocycles. The zero-order chi connectivity index (χ0) is 15.4. The number of nitrogens with zero attached hydrogens (tertiary/aromatic N) is 1. The second-order valence-electron chi connectivity index (χ2n) is 4.37. The van der Waals surface area contributed by atoms with Gasteiger partial charge in [-0.25, -0.2) is 4.79 Å². The van der Waals surface area contributed by atoms with E-state index >= 15 is 0 Å². The predicted octanol–water partition coefficient (Wildman–Crippen LogP) is 3.87. The van der Waals surface area contributed by atoms with Crippen molar-refractivity contribution in [2.24, 2.45) is 0 Å². The molecule has 108 valence electrons. The van der Waals surface area contributed by atoms with Crippen LogP contribution < -0.4 is 5.32 Å². The van der Waals surface area contributed by atoms with Crippen molar-refractivity contribution in [1.82, 2.24) is 0 Å². The second-order valence-corrected chi connectivity index (χ2v) is 5.22. The summed E-state index contributed by atoms with van der Waals surface area (Å²) in [6.07, 6.45) is 0. The molecular formula is C15H13BrN2O3. The van der Waals surface area contributed by atoms with E-state index in [0.717, 1.165) is 10.2 Å². The van der Waals surface area contributed by atoms with E-state index in [1.54, 1.807) is 24.3 Å². The van der Waals surface area contributed by atoms with E-state index < -0.39 is 5.97 Å². The number of esters is 1. The van der Waals surface area contributed by atoms with Crippen molar-refractivity contribution in [3.8, 4) is 6.07 Å². The van der Waals surface area contributed by atoms with Crippen LogP contribution in [0.15, 0.2) is 39.2 Å². The molecule has 0 bridgehead atoms. The second kappa shape index (κ2) is 6.46. The van der Waals surface area contributed by atoms with Crippen LogP contribution in [0.5, 0.6) is 0 Å². The van der Waals surface area contributed by atoms with E-state index in [1.807, 2.05) is 13.0 Å². The molecule has 0 saturated heterocycles. The quantitative estimate of drug-likeness (QED) is 0.848. The smallest absolute Gasteiger partial charge is 0.373 e. The topological polar surface area (TPSA) is 75.3 Å². The Labute approximate surface area is 130 Å². The van der Waals surface area contributed by atoms with Gasteiger partial charge in [0.05, 0.1) is 24.8 Å². The molecule has 6 heteroatoms. The highest BCUT2D eigenvalue weighted by atomic mass is 79.9. The number of anilines is 1. The number of methoxy groups -OCH3 is 1. The van der Waals surface area contributed by atoms with Crippen LogP contribution in [0.2, 0.25) is 0 Å². The molecule has 0 aliphatic carbocycles. The Hall–Kier alpha value is -2.26. The van der Waals surface area contributed by atoms with E-state index in [2.05, 4.69) is 32.1 Å². The molecule has 1 aromatic heterocycles. The number of hydrogen-bond acceptors (Lipinski definition) is 5. The van der Waals surface area contributed by atoms with Gasteiger partial charge in [0.25, 0.3) is 0 Å². The predicted molar refractivity (Wildman–Crippen MR) is 80.9 cm³/mol. The third-order valence-electron chi connectivity index (χ3n) is 2.91. The maximum Gasteiger partial charge on any atom is 0.373 e. The standard InChI is InChI=1S/C15H13BrN2O3/c1-9(13-5-6-14(21-13)15(19)20-2)18-12-4-3-10(8-17)7-11(12)16/h3-7,9,18H,1-2H3. The highest BCUT2D eigenvalue weighted by molar-refractivity contribution is 9.10. The van der Waals surface area contributed by atoms with E-state index in [4.69, 9.17) is 9.68 Å². The summed E-state index contributed by atoms with van der Waals surface area (Å²) in [4.78, 5) is 11.4. The number of carbonyl (C=O) groups excluding carboxylic acids is 1. The molecule has 0 radical (unpaired) electrons. The molecule has 0 aliphatic heterocycles. The molecule has 2 aromatic rings. The first-order chi connectivity index (χ1) is 10.0. The number of nitrogens with one attached hydrogen (secondary N) is 1. The Bertz CT molecular complexity index is 703. The van der Waals surface area contributed by atoms with Gasteiger partial charge >= 0.3 is 5.97 Å². The number of halogens is 1. The van der Waals surface area contributed by atoms with Gasteiger partial charge < -0.3 is 14.5 Å². The number of hydrogen-bond donors (Lipinski definition) is 1. The average Bonchev–Trinajstić information content (AvgIpc) is 2.98. The number of carbonyl (C=O) groups is 1. The SMILES string of the molecule is COC(=O)c1ccc(C(C)Nc2ccc(C#N)cc2Br)o1. The lowest BCUT2D eigenvalue weighted by molar-refractivity contribution is 0.0562. The Kier molecular flexibility index (Phi) is 4.66. The molecule has 1 aromatic carbocycles. The van der Waals surface area contributed by atoms with Crippen LogP contribution >= 0.6 is 15.9 Å². The third-order valence-corrected chi connectivity index (χ3v) is 3.57. The van der Waals surface area contributed by atoms with Crippen molar-refractivity contribution in [1.29, 1.82) is 5.26 Å². The highest BCUT2D eigenvalue weighted by Gasteiger charge is 2.16. The van der Waals surface area contributed by atoms with Crippen LogP contribution in [0.1, 0.15) is 34.8 Å². The van der Waals surface area contributed by atoms with Crippen molar-refractivity contribution in [3.63, 3.8) is 0 Å². The van der Waals surface area contributed by atoms with Crippen molar-refractivity contribution >= 4 is 27.6 Å². The first-order valence-electron chi connectivity index (χ1n) is 6.19. The van der Waals surface area contributed by atoms with Gasteiger partial charge in [-0.1, -0.05) is 0 Å². The number of rotatable bonds is 4. The molecule has 21 heavy (non-hydrogen) atoms. The molecule has 5 nitrogen and oxygen atoms in total. The minimum absolute atomic E-state index is 0.146. The first-order valence-corrected chi connectivity index (χ1v) is 6.98. The fraction of sp³-hybridized carbons (Fsp3) is 0.200. The van der Waals surface area contributed by atoms with Gasteiger partial charge in [0.2, 0.25) is 5.76 Å². The van der Waals surface area contributed by atoms with Crippen molar-refractivity contribution in [3.05, 3.63) is 51.9 Å². The molecule has 1 heterocycles. The van der Waals surface area contributed by atoms with Gasteiger partial charge in [-0.2, -0.15) is 5.26 Å². The number of nitriles is 1. The summed E-state index contributed by atoms with van der Waals surface area (Å²) < 4.78 is 10.8. The van der Waals surface area contributed by atoms with Crippen molar-refractivity contribution in [2.45, 2.75) is 13.0 Å². The van der Waals surface area contributed by atoms with Gasteiger partial charge in [0.1, 0.15) is 5.76 Å². The zero-order valence-electron chi connectivity index (χ0n) is 11.5. The minimum atomic E-state index is -0.506. The fourth-order valence-electron chi connectivity index (χ4n) is 1.80. The van der Waals surface area contributed by atoms with Crippen molar-refractivity contribution in [2.75, 3.05) is 12.4 Å². The summed E-state index contributed by atoms with van der Waals surface area (Å²) in [7, 11) is 1.31. The van der Waals surface area contributed by atoms with Crippen molar-refractivity contribution < 1.29 is 13.9 Å². The molecule has 2 rings (SSSR count). The lowest BCUT2D eigenvalue weighted by Gasteiger charge is -2.14. The molecule has 0 amide bonds. The summed E-state index contributed by atoms with van der Waals surface area (Å²) in [5, 5.41) is 12.1. The van der Waals surface area contributed by atoms with E-state index in [-0.39, 0.29) is 11.8 Å². The highest BCUT2D eigenvalue weighted by Crippen LogP contribution is 2.28. The van der Waals surface area contributed by atoms with Crippen LogP contribution in [-0.2, 0) is 4.74 Å². The molecule has 1 atom stereocenters. The van der Waals surface area contributed by atoms with Crippen LogP contribution in [0.25, 0.3) is 0 Å². The van der Waals surface area contributed by atoms with Crippen LogP contribution in [0, 0.1) is 11.3 Å². The first kappa shape index (κ1) is 15.1. The summed E-state index contributed by atoms with van der Waals surface area (Å²) in [5.41, 5.74) is 1.41. The Balaban J connectivity index is 2.14. The molecule has 0 spiro atoms. The molecule has 0 aliphatic rings. The summed E-state index contributed by atoms with van der Waals surface area (Å²) >= 11 is 3.41. The van der Waals surface area contributed by atoms with E-state index in [1.165, 1.54) is 7.11 Å². The van der Waals surface area contributed by atoms with Crippen LogP contribution in [0.3, 0.4) is 0 Å². The normalized spacial score (nSPS) is 11.5.